The molecule has 0 saturated heterocycles. The van der Waals surface area contributed by atoms with Crippen molar-refractivity contribution in [3.63, 3.8) is 0 Å². The van der Waals surface area contributed by atoms with Crippen LogP contribution in [0.1, 0.15) is 11.1 Å². The summed E-state index contributed by atoms with van der Waals surface area (Å²) in [7, 11) is 0. The van der Waals surface area contributed by atoms with Gasteiger partial charge in [-0.05, 0) is 25.0 Å². The quantitative estimate of drug-likeness (QED) is 0.659. The smallest absolute Gasteiger partial charge is 0.140 e. The van der Waals surface area contributed by atoms with Crippen LogP contribution >= 0.6 is 0 Å². The molecule has 0 spiro atoms. The van der Waals surface area contributed by atoms with Crippen molar-refractivity contribution in [1.29, 1.82) is 0 Å². The largest absolute Gasteiger partial charge is 0.290 e. The third kappa shape index (κ3) is 1.45. The monoisotopic (exact) mass is 173 g/mol. The summed E-state index contributed by atoms with van der Waals surface area (Å²) in [5.74, 6) is 0.947. The Hall–Kier alpha value is -1.64. The highest BCUT2D eigenvalue weighted by atomic mass is 15.1. The van der Waals surface area contributed by atoms with Crippen LogP contribution < -0.4 is 0 Å². The molecule has 0 saturated carbocycles. The van der Waals surface area contributed by atoms with Crippen LogP contribution in [0.15, 0.2) is 31.0 Å². The topological polar surface area (TPSA) is 30.7 Å². The van der Waals surface area contributed by atoms with Gasteiger partial charge in [-0.2, -0.15) is 0 Å². The van der Waals surface area contributed by atoms with Gasteiger partial charge in [0.2, 0.25) is 0 Å². The molecular formula is C10H11N3. The highest BCUT2D eigenvalue weighted by molar-refractivity contribution is 5.34. The van der Waals surface area contributed by atoms with Crippen molar-refractivity contribution in [1.82, 2.24) is 14.5 Å². The maximum atomic E-state index is 4.34. The van der Waals surface area contributed by atoms with E-state index in [1.165, 1.54) is 5.56 Å². The van der Waals surface area contributed by atoms with E-state index in [-0.39, 0.29) is 0 Å². The molecule has 0 aliphatic carbocycles. The SMILES string of the molecule is Cc1cnc(-n2ccnc2)c(C)c1. The Balaban J connectivity index is 2.53. The summed E-state index contributed by atoms with van der Waals surface area (Å²) in [6.07, 6.45) is 7.26. The van der Waals surface area contributed by atoms with Crippen molar-refractivity contribution in [3.05, 3.63) is 42.1 Å². The summed E-state index contributed by atoms with van der Waals surface area (Å²) in [5, 5.41) is 0. The fourth-order valence-corrected chi connectivity index (χ4v) is 1.36. The first-order chi connectivity index (χ1) is 6.27. The zero-order chi connectivity index (χ0) is 9.26. The van der Waals surface area contributed by atoms with Crippen LogP contribution in [0.2, 0.25) is 0 Å². The second-order valence-electron chi connectivity index (χ2n) is 3.12. The number of aryl methyl sites for hydroxylation is 2. The molecule has 0 N–H and O–H groups in total. The average Bonchev–Trinajstić information content (AvgIpc) is 2.56. The first-order valence-electron chi connectivity index (χ1n) is 4.19. The molecule has 0 fully saturated rings. The van der Waals surface area contributed by atoms with Crippen LogP contribution in [0, 0.1) is 13.8 Å². The first-order valence-corrected chi connectivity index (χ1v) is 4.19. The number of hydrogen-bond donors (Lipinski definition) is 0. The minimum atomic E-state index is 0.947. The van der Waals surface area contributed by atoms with Crippen LogP contribution in [0.3, 0.4) is 0 Å². The minimum Gasteiger partial charge on any atom is -0.290 e. The zero-order valence-corrected chi connectivity index (χ0v) is 7.73. The highest BCUT2D eigenvalue weighted by Gasteiger charge is 2.00. The molecule has 0 bridgehead atoms. The van der Waals surface area contributed by atoms with Crippen LogP contribution in [0.5, 0.6) is 0 Å². The number of aromatic nitrogens is 3. The van der Waals surface area contributed by atoms with Crippen molar-refractivity contribution in [2.45, 2.75) is 13.8 Å². The fraction of sp³-hybridized carbons (Fsp3) is 0.200. The number of pyridine rings is 1. The second-order valence-corrected chi connectivity index (χ2v) is 3.12. The zero-order valence-electron chi connectivity index (χ0n) is 7.73. The molecule has 2 heterocycles. The second kappa shape index (κ2) is 3.01. The molecule has 0 aliphatic heterocycles. The summed E-state index contributed by atoms with van der Waals surface area (Å²) in [5.41, 5.74) is 2.35. The summed E-state index contributed by atoms with van der Waals surface area (Å²) in [6, 6.07) is 2.11. The van der Waals surface area contributed by atoms with Crippen molar-refractivity contribution in [3.8, 4) is 5.82 Å². The van der Waals surface area contributed by atoms with Gasteiger partial charge < -0.3 is 0 Å². The normalized spacial score (nSPS) is 10.3. The predicted molar refractivity (Wildman–Crippen MR) is 50.8 cm³/mol. The van der Waals surface area contributed by atoms with Gasteiger partial charge in [-0.1, -0.05) is 6.07 Å². The molecule has 3 nitrogen and oxygen atoms in total. The summed E-state index contributed by atoms with van der Waals surface area (Å²) in [4.78, 5) is 8.33. The van der Waals surface area contributed by atoms with Crippen LogP contribution in [-0.2, 0) is 0 Å². The van der Waals surface area contributed by atoms with Crippen molar-refractivity contribution in [2.24, 2.45) is 0 Å². The molecule has 2 rings (SSSR count). The molecule has 0 unspecified atom stereocenters. The van der Waals surface area contributed by atoms with Gasteiger partial charge in [0, 0.05) is 18.6 Å². The Kier molecular flexibility index (Phi) is 1.85. The van der Waals surface area contributed by atoms with E-state index in [4.69, 9.17) is 0 Å². The molecule has 2 aromatic rings. The molecule has 0 aromatic carbocycles. The summed E-state index contributed by atoms with van der Waals surface area (Å²) in [6.45, 7) is 4.09. The van der Waals surface area contributed by atoms with Gasteiger partial charge >= 0.3 is 0 Å². The summed E-state index contributed by atoms with van der Waals surface area (Å²) >= 11 is 0. The van der Waals surface area contributed by atoms with E-state index in [1.807, 2.05) is 23.9 Å². The van der Waals surface area contributed by atoms with Gasteiger partial charge in [-0.3, -0.25) is 4.57 Å². The van der Waals surface area contributed by atoms with Gasteiger partial charge in [0.15, 0.2) is 0 Å². The fourth-order valence-electron chi connectivity index (χ4n) is 1.36. The van der Waals surface area contributed by atoms with E-state index in [9.17, 15) is 0 Å². The number of nitrogens with zero attached hydrogens (tertiary/aromatic N) is 3. The predicted octanol–water partition coefficient (Wildman–Crippen LogP) is 1.88. The molecule has 2 aromatic heterocycles. The van der Waals surface area contributed by atoms with E-state index in [1.54, 1.807) is 12.5 Å². The number of rotatable bonds is 1. The van der Waals surface area contributed by atoms with E-state index in [0.717, 1.165) is 11.4 Å². The third-order valence-electron chi connectivity index (χ3n) is 1.94. The molecule has 0 amide bonds. The lowest BCUT2D eigenvalue weighted by atomic mass is 10.2. The van der Waals surface area contributed by atoms with Crippen molar-refractivity contribution in [2.75, 3.05) is 0 Å². The van der Waals surface area contributed by atoms with Gasteiger partial charge in [0.1, 0.15) is 12.1 Å². The first kappa shape index (κ1) is 7.98. The van der Waals surface area contributed by atoms with Gasteiger partial charge in [0.25, 0.3) is 0 Å². The van der Waals surface area contributed by atoms with Crippen LogP contribution in [-0.4, -0.2) is 14.5 Å². The van der Waals surface area contributed by atoms with E-state index < -0.39 is 0 Å². The molecule has 0 radical (unpaired) electrons. The molecule has 0 atom stereocenters. The standard InChI is InChI=1S/C10H11N3/c1-8-5-9(2)10(12-6-8)13-4-3-11-7-13/h3-7H,1-2H3. The third-order valence-corrected chi connectivity index (χ3v) is 1.94. The molecule has 66 valence electrons. The van der Waals surface area contributed by atoms with Crippen molar-refractivity contribution >= 4 is 0 Å². The lowest BCUT2D eigenvalue weighted by Gasteiger charge is -2.05. The van der Waals surface area contributed by atoms with Gasteiger partial charge in [-0.15, -0.1) is 0 Å². The Morgan fingerprint density at radius 3 is 2.77 bits per heavy atom. The van der Waals surface area contributed by atoms with Crippen molar-refractivity contribution < 1.29 is 0 Å². The molecule has 3 heteroatoms. The van der Waals surface area contributed by atoms with E-state index in [2.05, 4.69) is 23.0 Å². The maximum absolute atomic E-state index is 4.34. The maximum Gasteiger partial charge on any atom is 0.140 e. The number of hydrogen-bond acceptors (Lipinski definition) is 2. The Morgan fingerprint density at radius 2 is 2.15 bits per heavy atom. The Morgan fingerprint density at radius 1 is 1.31 bits per heavy atom. The average molecular weight is 173 g/mol. The molecular weight excluding hydrogens is 162 g/mol. The highest BCUT2D eigenvalue weighted by Crippen LogP contribution is 2.10. The minimum absolute atomic E-state index is 0.947. The number of imidazole rings is 1. The van der Waals surface area contributed by atoms with Gasteiger partial charge in [0.05, 0.1) is 0 Å². The lowest BCUT2D eigenvalue weighted by molar-refractivity contribution is 0.969. The lowest BCUT2D eigenvalue weighted by Crippen LogP contribution is -1.97. The molecule has 0 aliphatic rings. The van der Waals surface area contributed by atoms with Gasteiger partial charge in [-0.25, -0.2) is 9.97 Å². The van der Waals surface area contributed by atoms with Crippen LogP contribution in [0.25, 0.3) is 5.82 Å². The Labute approximate surface area is 77.1 Å². The Bertz CT molecular complexity index is 404. The van der Waals surface area contributed by atoms with E-state index >= 15 is 0 Å². The summed E-state index contributed by atoms with van der Waals surface area (Å²) < 4.78 is 1.91. The van der Waals surface area contributed by atoms with Crippen LogP contribution in [0.4, 0.5) is 0 Å². The van der Waals surface area contributed by atoms with E-state index in [0.29, 0.717) is 0 Å². The molecule has 13 heavy (non-hydrogen) atoms.